The lowest BCUT2D eigenvalue weighted by molar-refractivity contribution is -0.137. The Labute approximate surface area is 164 Å². The molecule has 1 amide bonds. The maximum Gasteiger partial charge on any atom is 0.243 e. The van der Waals surface area contributed by atoms with Gasteiger partial charge < -0.3 is 9.64 Å². The highest BCUT2D eigenvalue weighted by Crippen LogP contribution is 2.25. The van der Waals surface area contributed by atoms with Crippen LogP contribution >= 0.6 is 0 Å². The summed E-state index contributed by atoms with van der Waals surface area (Å²) in [5, 5.41) is 0. The number of para-hydroxylation sites is 1. The van der Waals surface area contributed by atoms with E-state index >= 15 is 0 Å². The molecule has 1 aliphatic rings. The molecule has 0 bridgehead atoms. The number of carbonyl (C=O) groups is 1. The highest BCUT2D eigenvalue weighted by atomic mass is 32.2. The molecule has 1 heterocycles. The fourth-order valence-electron chi connectivity index (χ4n) is 3.20. The van der Waals surface area contributed by atoms with Gasteiger partial charge in [0.1, 0.15) is 18.5 Å². The molecule has 1 atom stereocenters. The lowest BCUT2D eigenvalue weighted by Crippen LogP contribution is -2.48. The average molecular weight is 406 g/mol. The summed E-state index contributed by atoms with van der Waals surface area (Å²) >= 11 is 0. The van der Waals surface area contributed by atoms with E-state index in [1.54, 1.807) is 42.2 Å². The van der Waals surface area contributed by atoms with E-state index in [2.05, 4.69) is 0 Å². The number of sulfonamides is 1. The zero-order chi connectivity index (χ0) is 20.3. The molecule has 2 aromatic rings. The second-order valence-electron chi connectivity index (χ2n) is 6.81. The number of hydrogen-bond donors (Lipinski definition) is 0. The second-order valence-corrected chi connectivity index (χ2v) is 8.71. The number of aryl methyl sites for hydroxylation is 1. The molecule has 0 saturated carbocycles. The largest absolute Gasteiger partial charge is 0.370 e. The van der Waals surface area contributed by atoms with Crippen LogP contribution in [0.3, 0.4) is 0 Å². The summed E-state index contributed by atoms with van der Waals surface area (Å²) in [5.74, 6) is -0.640. The van der Waals surface area contributed by atoms with Gasteiger partial charge in [-0.1, -0.05) is 30.3 Å². The molecular formula is C20H23FN2O4S. The minimum atomic E-state index is -3.63. The Balaban J connectivity index is 1.76. The Bertz CT molecular complexity index is 947. The summed E-state index contributed by atoms with van der Waals surface area (Å²) in [6.45, 7) is 2.52. The van der Waals surface area contributed by atoms with Crippen molar-refractivity contribution in [1.29, 1.82) is 0 Å². The van der Waals surface area contributed by atoms with Crippen molar-refractivity contribution in [3.8, 4) is 0 Å². The van der Waals surface area contributed by atoms with E-state index in [0.29, 0.717) is 18.8 Å². The third kappa shape index (κ3) is 4.69. The van der Waals surface area contributed by atoms with E-state index < -0.39 is 10.0 Å². The van der Waals surface area contributed by atoms with Crippen LogP contribution in [0.25, 0.3) is 0 Å². The Morgan fingerprint density at radius 3 is 2.54 bits per heavy atom. The van der Waals surface area contributed by atoms with Crippen LogP contribution in [0.15, 0.2) is 48.5 Å². The number of ether oxygens (including phenoxy) is 1. The predicted octanol–water partition coefficient (Wildman–Crippen LogP) is 2.50. The Kier molecular flexibility index (Phi) is 6.00. The van der Waals surface area contributed by atoms with Crippen molar-refractivity contribution >= 4 is 21.6 Å². The zero-order valence-corrected chi connectivity index (χ0v) is 16.7. The molecule has 2 aromatic carbocycles. The molecule has 1 saturated heterocycles. The summed E-state index contributed by atoms with van der Waals surface area (Å²) in [6, 6.07) is 13.0. The SMILES string of the molecule is Cc1ccccc1N(CC(=O)N1CCOC(c2ccc(F)cc2)C1)S(C)(=O)=O. The first kappa shape index (κ1) is 20.3. The van der Waals surface area contributed by atoms with Gasteiger partial charge in [0.2, 0.25) is 15.9 Å². The fraction of sp³-hybridized carbons (Fsp3) is 0.350. The molecule has 1 aliphatic heterocycles. The van der Waals surface area contributed by atoms with Gasteiger partial charge in [0.15, 0.2) is 0 Å². The average Bonchev–Trinajstić information content (AvgIpc) is 2.66. The van der Waals surface area contributed by atoms with E-state index in [-0.39, 0.29) is 30.9 Å². The molecule has 0 aliphatic carbocycles. The zero-order valence-electron chi connectivity index (χ0n) is 15.8. The van der Waals surface area contributed by atoms with Gasteiger partial charge in [-0.15, -0.1) is 0 Å². The van der Waals surface area contributed by atoms with Crippen molar-refractivity contribution in [2.24, 2.45) is 0 Å². The lowest BCUT2D eigenvalue weighted by atomic mass is 10.1. The third-order valence-corrected chi connectivity index (χ3v) is 5.85. The number of benzene rings is 2. The monoisotopic (exact) mass is 406 g/mol. The molecule has 0 N–H and O–H groups in total. The number of amides is 1. The summed E-state index contributed by atoms with van der Waals surface area (Å²) in [6.07, 6.45) is 0.719. The molecule has 6 nitrogen and oxygen atoms in total. The van der Waals surface area contributed by atoms with Crippen LogP contribution in [0.1, 0.15) is 17.2 Å². The van der Waals surface area contributed by atoms with Gasteiger partial charge in [0.25, 0.3) is 0 Å². The highest BCUT2D eigenvalue weighted by molar-refractivity contribution is 7.92. The van der Waals surface area contributed by atoms with Crippen LogP contribution in [0.2, 0.25) is 0 Å². The number of carbonyl (C=O) groups excluding carboxylic acids is 1. The van der Waals surface area contributed by atoms with Gasteiger partial charge >= 0.3 is 0 Å². The van der Waals surface area contributed by atoms with Crippen molar-refractivity contribution in [3.05, 3.63) is 65.5 Å². The van der Waals surface area contributed by atoms with E-state index in [0.717, 1.165) is 21.7 Å². The van der Waals surface area contributed by atoms with Gasteiger partial charge in [-0.25, -0.2) is 12.8 Å². The van der Waals surface area contributed by atoms with Crippen LogP contribution in [0.4, 0.5) is 10.1 Å². The fourth-order valence-corrected chi connectivity index (χ4v) is 4.11. The Morgan fingerprint density at radius 2 is 1.89 bits per heavy atom. The normalized spacial score (nSPS) is 17.4. The standard InChI is InChI=1S/C20H23FN2O4S/c1-15-5-3-4-6-18(15)23(28(2,25)26)14-20(24)22-11-12-27-19(13-22)16-7-9-17(21)10-8-16/h3-10,19H,11-14H2,1-2H3. The quantitative estimate of drug-likeness (QED) is 0.765. The topological polar surface area (TPSA) is 66.9 Å². The summed E-state index contributed by atoms with van der Waals surface area (Å²) in [5.41, 5.74) is 2.03. The third-order valence-electron chi connectivity index (χ3n) is 4.72. The highest BCUT2D eigenvalue weighted by Gasteiger charge is 2.29. The van der Waals surface area contributed by atoms with Crippen molar-refractivity contribution < 1.29 is 22.3 Å². The van der Waals surface area contributed by atoms with Crippen LogP contribution < -0.4 is 4.31 Å². The number of rotatable bonds is 5. The molecule has 8 heteroatoms. The molecular weight excluding hydrogens is 383 g/mol. The number of anilines is 1. The van der Waals surface area contributed by atoms with Gasteiger partial charge in [-0.05, 0) is 36.2 Å². The van der Waals surface area contributed by atoms with E-state index in [1.165, 1.54) is 12.1 Å². The molecule has 0 spiro atoms. The van der Waals surface area contributed by atoms with Gasteiger partial charge in [0.05, 0.1) is 25.1 Å². The molecule has 1 unspecified atom stereocenters. The van der Waals surface area contributed by atoms with E-state index in [1.807, 2.05) is 6.07 Å². The van der Waals surface area contributed by atoms with E-state index in [9.17, 15) is 17.6 Å². The van der Waals surface area contributed by atoms with Crippen LogP contribution in [-0.4, -0.2) is 51.7 Å². The maximum atomic E-state index is 13.1. The summed E-state index contributed by atoms with van der Waals surface area (Å²) in [4.78, 5) is 14.5. The van der Waals surface area contributed by atoms with Crippen LogP contribution in [0, 0.1) is 12.7 Å². The van der Waals surface area contributed by atoms with Crippen LogP contribution in [-0.2, 0) is 19.6 Å². The van der Waals surface area contributed by atoms with E-state index in [4.69, 9.17) is 4.74 Å². The number of morpholine rings is 1. The first-order chi connectivity index (χ1) is 13.3. The van der Waals surface area contributed by atoms with Crippen molar-refractivity contribution in [3.63, 3.8) is 0 Å². The number of hydrogen-bond acceptors (Lipinski definition) is 4. The van der Waals surface area contributed by atoms with Crippen LogP contribution in [0.5, 0.6) is 0 Å². The molecule has 150 valence electrons. The Morgan fingerprint density at radius 1 is 1.21 bits per heavy atom. The van der Waals surface area contributed by atoms with Crippen molar-refractivity contribution in [2.75, 3.05) is 36.8 Å². The second kappa shape index (κ2) is 8.28. The first-order valence-corrected chi connectivity index (χ1v) is 10.8. The smallest absolute Gasteiger partial charge is 0.243 e. The van der Waals surface area contributed by atoms with Crippen molar-refractivity contribution in [2.45, 2.75) is 13.0 Å². The van der Waals surface area contributed by atoms with Gasteiger partial charge in [-0.2, -0.15) is 0 Å². The minimum absolute atomic E-state index is 0.278. The molecule has 28 heavy (non-hydrogen) atoms. The molecule has 0 aromatic heterocycles. The summed E-state index contributed by atoms with van der Waals surface area (Å²) in [7, 11) is -3.63. The number of nitrogens with zero attached hydrogens (tertiary/aromatic N) is 2. The lowest BCUT2D eigenvalue weighted by Gasteiger charge is -2.34. The first-order valence-electron chi connectivity index (χ1n) is 8.94. The Hall–Kier alpha value is -2.45. The molecule has 3 rings (SSSR count). The summed E-state index contributed by atoms with van der Waals surface area (Å²) < 4.78 is 44.6. The van der Waals surface area contributed by atoms with Gasteiger partial charge in [-0.3, -0.25) is 9.10 Å². The van der Waals surface area contributed by atoms with Gasteiger partial charge in [0, 0.05) is 6.54 Å². The molecule has 1 fully saturated rings. The minimum Gasteiger partial charge on any atom is -0.370 e. The molecule has 0 radical (unpaired) electrons. The van der Waals surface area contributed by atoms with Crippen molar-refractivity contribution in [1.82, 2.24) is 4.90 Å². The number of halogens is 1. The predicted molar refractivity (Wildman–Crippen MR) is 105 cm³/mol. The maximum absolute atomic E-state index is 13.1.